The summed E-state index contributed by atoms with van der Waals surface area (Å²) < 4.78 is 10.9. The van der Waals surface area contributed by atoms with Crippen molar-refractivity contribution in [2.24, 2.45) is 28.8 Å². The van der Waals surface area contributed by atoms with Crippen LogP contribution in [0.4, 0.5) is 0 Å². The lowest BCUT2D eigenvalue weighted by atomic mass is 9.63. The molecule has 0 bridgehead atoms. The summed E-state index contributed by atoms with van der Waals surface area (Å²) in [7, 11) is 0. The number of carbonyl (C=O) groups excluding carboxylic acids is 3. The summed E-state index contributed by atoms with van der Waals surface area (Å²) in [6.45, 7) is 9.52. The maximum atomic E-state index is 13.1. The van der Waals surface area contributed by atoms with E-state index >= 15 is 0 Å². The van der Waals surface area contributed by atoms with E-state index in [-0.39, 0.29) is 54.9 Å². The highest BCUT2D eigenvalue weighted by molar-refractivity contribution is 7.09. The topological polar surface area (TPSA) is 132 Å². The van der Waals surface area contributed by atoms with Gasteiger partial charge in [-0.2, -0.15) is 0 Å². The number of hydrogen-bond acceptors (Lipinski definition) is 10. The minimum absolute atomic E-state index is 0.00129. The van der Waals surface area contributed by atoms with Crippen LogP contribution in [0.1, 0.15) is 70.6 Å². The molecule has 1 fully saturated rings. The average molecular weight is 590 g/mol. The largest absolute Gasteiger partial charge is 0.461 e. The number of thiophene rings is 1. The van der Waals surface area contributed by atoms with Crippen molar-refractivity contribution in [3.63, 3.8) is 0 Å². The van der Waals surface area contributed by atoms with E-state index in [9.17, 15) is 24.6 Å². The summed E-state index contributed by atoms with van der Waals surface area (Å²) in [5.41, 5.74) is 1.42. The highest BCUT2D eigenvalue weighted by atomic mass is 32.1. The number of esters is 2. The van der Waals surface area contributed by atoms with Crippen molar-refractivity contribution >= 4 is 34.8 Å². The van der Waals surface area contributed by atoms with Crippen molar-refractivity contribution in [3.05, 3.63) is 46.7 Å². The number of rotatable bonds is 15. The molecule has 3 rings (SSSR count). The molecule has 10 heteroatoms. The van der Waals surface area contributed by atoms with Crippen LogP contribution in [-0.2, 0) is 35.3 Å². The molecule has 1 saturated carbocycles. The number of aliphatic hydroxyl groups excluding tert-OH is 2. The molecule has 2 aliphatic carbocycles. The molecule has 0 aromatic carbocycles. The number of carbonyl (C=O) groups is 3. The molecular formula is C31H43NO8S. The number of nitrogens with zero attached hydrogens (tertiary/aromatic N) is 1. The van der Waals surface area contributed by atoms with E-state index in [1.54, 1.807) is 17.4 Å². The fraction of sp³-hybridized carbons (Fsp3) is 0.613. The van der Waals surface area contributed by atoms with Crippen LogP contribution in [0, 0.1) is 23.7 Å². The van der Waals surface area contributed by atoms with Crippen molar-refractivity contribution in [1.29, 1.82) is 0 Å². The van der Waals surface area contributed by atoms with E-state index in [4.69, 9.17) is 14.3 Å². The zero-order chi connectivity index (χ0) is 29.9. The van der Waals surface area contributed by atoms with Gasteiger partial charge in [-0.1, -0.05) is 44.6 Å². The molecule has 2 aliphatic rings. The van der Waals surface area contributed by atoms with Crippen molar-refractivity contribution in [1.82, 2.24) is 0 Å². The average Bonchev–Trinajstić information content (AvgIpc) is 3.46. The van der Waals surface area contributed by atoms with E-state index in [1.165, 1.54) is 6.08 Å². The van der Waals surface area contributed by atoms with Crippen LogP contribution in [0.25, 0.3) is 0 Å². The predicted molar refractivity (Wildman–Crippen MR) is 156 cm³/mol. The Balaban J connectivity index is 1.75. The number of allylic oxidation sites excluding steroid dienone is 1. The lowest BCUT2D eigenvalue weighted by Crippen LogP contribution is -2.46. The van der Waals surface area contributed by atoms with Crippen molar-refractivity contribution in [3.8, 4) is 0 Å². The van der Waals surface area contributed by atoms with Crippen LogP contribution in [0.15, 0.2) is 47.0 Å². The van der Waals surface area contributed by atoms with Gasteiger partial charge in [0.15, 0.2) is 12.4 Å². The van der Waals surface area contributed by atoms with E-state index in [0.29, 0.717) is 44.4 Å². The Morgan fingerprint density at radius 1 is 1.29 bits per heavy atom. The smallest absolute Gasteiger partial charge is 0.308 e. The zero-order valence-electron chi connectivity index (χ0n) is 24.2. The Hall–Kier alpha value is -2.82. The Labute approximate surface area is 246 Å². The van der Waals surface area contributed by atoms with Gasteiger partial charge in [0, 0.05) is 16.7 Å². The van der Waals surface area contributed by atoms with Gasteiger partial charge in [-0.15, -0.1) is 11.3 Å². The molecular weight excluding hydrogens is 546 g/mol. The number of ketones is 1. The first kappa shape index (κ1) is 32.7. The molecule has 2 N–H and O–H groups in total. The van der Waals surface area contributed by atoms with E-state index in [2.05, 4.69) is 11.7 Å². The van der Waals surface area contributed by atoms with E-state index in [0.717, 1.165) is 10.5 Å². The summed E-state index contributed by atoms with van der Waals surface area (Å²) in [5, 5.41) is 27.4. The lowest BCUT2D eigenvalue weighted by molar-refractivity contribution is -0.158. The maximum absolute atomic E-state index is 13.1. The number of fused-ring (bicyclic) bond motifs is 1. The maximum Gasteiger partial charge on any atom is 0.308 e. The first-order valence-corrected chi connectivity index (χ1v) is 15.3. The van der Waals surface area contributed by atoms with Crippen LogP contribution in [0.5, 0.6) is 0 Å². The molecule has 9 nitrogen and oxygen atoms in total. The third-order valence-electron chi connectivity index (χ3n) is 7.99. The summed E-state index contributed by atoms with van der Waals surface area (Å²) in [5.74, 6) is -1.96. The lowest BCUT2D eigenvalue weighted by Gasteiger charge is -2.43. The quantitative estimate of drug-likeness (QED) is 0.170. The van der Waals surface area contributed by atoms with Gasteiger partial charge in [0.05, 0.1) is 30.3 Å². The molecule has 0 amide bonds. The van der Waals surface area contributed by atoms with Crippen LogP contribution in [0.3, 0.4) is 0 Å². The first-order valence-electron chi connectivity index (χ1n) is 14.4. The van der Waals surface area contributed by atoms with Crippen LogP contribution >= 0.6 is 11.3 Å². The molecule has 0 aliphatic heterocycles. The Bertz CT molecular complexity index is 1100. The number of oxime groups is 1. The van der Waals surface area contributed by atoms with Crippen LogP contribution < -0.4 is 0 Å². The van der Waals surface area contributed by atoms with Gasteiger partial charge in [0.25, 0.3) is 0 Å². The summed E-state index contributed by atoms with van der Waals surface area (Å²) in [4.78, 5) is 44.4. The molecule has 7 atom stereocenters. The minimum atomic E-state index is -1.05. The molecule has 0 spiro atoms. The number of hydrogen-bond donors (Lipinski definition) is 2. The highest BCUT2D eigenvalue weighted by Crippen LogP contribution is 2.45. The highest BCUT2D eigenvalue weighted by Gasteiger charge is 2.46. The monoisotopic (exact) mass is 589 g/mol. The van der Waals surface area contributed by atoms with Crippen LogP contribution in [0.2, 0.25) is 0 Å². The van der Waals surface area contributed by atoms with Gasteiger partial charge in [-0.05, 0) is 67.5 Å². The molecule has 0 radical (unpaired) electrons. The predicted octanol–water partition coefficient (Wildman–Crippen LogP) is 4.76. The van der Waals surface area contributed by atoms with Crippen molar-refractivity contribution in [2.45, 2.75) is 90.6 Å². The second-order valence-corrected chi connectivity index (χ2v) is 12.0. The second-order valence-electron chi connectivity index (χ2n) is 11.0. The van der Waals surface area contributed by atoms with E-state index < -0.39 is 24.3 Å². The third-order valence-corrected chi connectivity index (χ3v) is 8.84. The second kappa shape index (κ2) is 16.0. The van der Waals surface area contributed by atoms with Crippen molar-refractivity contribution in [2.75, 3.05) is 6.61 Å². The molecule has 7 unspecified atom stereocenters. The Kier molecular flexibility index (Phi) is 12.7. The van der Waals surface area contributed by atoms with Gasteiger partial charge in [0.1, 0.15) is 12.7 Å². The van der Waals surface area contributed by atoms with Gasteiger partial charge in [0.2, 0.25) is 0 Å². The Morgan fingerprint density at radius 3 is 2.76 bits per heavy atom. The molecule has 226 valence electrons. The summed E-state index contributed by atoms with van der Waals surface area (Å²) in [6.07, 6.45) is 2.96. The van der Waals surface area contributed by atoms with Crippen LogP contribution in [-0.4, -0.2) is 58.6 Å². The van der Waals surface area contributed by atoms with E-state index in [1.807, 2.05) is 38.3 Å². The molecule has 0 saturated heterocycles. The Morgan fingerprint density at radius 2 is 2.07 bits per heavy atom. The fourth-order valence-electron chi connectivity index (χ4n) is 5.45. The number of ether oxygens (including phenoxy) is 2. The van der Waals surface area contributed by atoms with Gasteiger partial charge in [-0.3, -0.25) is 14.4 Å². The van der Waals surface area contributed by atoms with Gasteiger partial charge in [-0.25, -0.2) is 0 Å². The molecule has 1 heterocycles. The molecule has 41 heavy (non-hydrogen) atoms. The summed E-state index contributed by atoms with van der Waals surface area (Å²) >= 11 is 1.57. The summed E-state index contributed by atoms with van der Waals surface area (Å²) in [6, 6.07) is 3.91. The standard InChI is InChI=1S/C31H43NO8S/c1-5-13-38-29(36)16-22(34)15-21(33)9-10-24-20(4)27(35)17-25-26(32-39-18-23-8-7-14-41-23)11-12-28(30(24)25)40-31(37)19(3)6-2/h5,7-8,14,17,19-22,24,28,30,33-34H,1,6,9-13,15-16,18H2,2-4H3/b32-26+. The molecule has 1 aromatic rings. The third kappa shape index (κ3) is 9.34. The number of aliphatic hydroxyl groups is 2. The van der Waals surface area contributed by atoms with Gasteiger partial charge < -0.3 is 24.5 Å². The normalized spacial score (nSPS) is 25.4. The zero-order valence-corrected chi connectivity index (χ0v) is 25.0. The minimum Gasteiger partial charge on any atom is -0.461 e. The van der Waals surface area contributed by atoms with Gasteiger partial charge >= 0.3 is 11.9 Å². The fourth-order valence-corrected chi connectivity index (χ4v) is 6.06. The molecule has 1 aromatic heterocycles. The SMILES string of the molecule is C=CCOC(=O)CC(O)CC(O)CCC1C(C)C(=O)C=C2/C(=N/OCc3cccs3)CCC(OC(=O)C(C)CC)C21. The first-order chi connectivity index (χ1) is 19.6. The van der Waals surface area contributed by atoms with Crippen molar-refractivity contribution < 1.29 is 38.9 Å².